The molecule has 1 unspecified atom stereocenters. The Bertz CT molecular complexity index is 765. The number of ether oxygens (including phenoxy) is 1. The number of benzene rings is 1. The molecule has 1 atom stereocenters. The van der Waals surface area contributed by atoms with Gasteiger partial charge in [0.25, 0.3) is 5.91 Å². The molecule has 0 radical (unpaired) electrons. The zero-order valence-corrected chi connectivity index (χ0v) is 17.9. The molecule has 7 heteroatoms. The SMILES string of the molecule is CCN(C/C(N)=C(\N=C(C)C(=O)NCC1CCCO1)C(C)=NC)c1ccccc1. The van der Waals surface area contributed by atoms with Crippen LogP contribution in [-0.2, 0) is 9.53 Å². The van der Waals surface area contributed by atoms with Crippen molar-refractivity contribution in [3.63, 3.8) is 0 Å². The Morgan fingerprint density at radius 2 is 2.00 bits per heavy atom. The Labute approximate surface area is 173 Å². The van der Waals surface area contributed by atoms with Gasteiger partial charge in [0, 0.05) is 32.4 Å². The maximum absolute atomic E-state index is 12.5. The molecule has 0 bridgehead atoms. The lowest BCUT2D eigenvalue weighted by Crippen LogP contribution is -2.36. The van der Waals surface area contributed by atoms with Crippen molar-refractivity contribution < 1.29 is 9.53 Å². The second kappa shape index (κ2) is 11.4. The Hall–Kier alpha value is -2.67. The fraction of sp³-hybridized carbons (Fsp3) is 0.500. The third-order valence-electron chi connectivity index (χ3n) is 4.97. The number of rotatable bonds is 9. The zero-order chi connectivity index (χ0) is 21.2. The normalized spacial score (nSPS) is 18.4. The number of allylic oxidation sites excluding steroid dienone is 1. The molecule has 0 aromatic heterocycles. The van der Waals surface area contributed by atoms with Crippen LogP contribution >= 0.6 is 0 Å². The predicted octanol–water partition coefficient (Wildman–Crippen LogP) is 2.53. The van der Waals surface area contributed by atoms with Gasteiger partial charge in [-0.1, -0.05) is 18.2 Å². The van der Waals surface area contributed by atoms with Crippen molar-refractivity contribution >= 4 is 23.0 Å². The molecule has 2 rings (SSSR count). The molecule has 1 aliphatic heterocycles. The van der Waals surface area contributed by atoms with E-state index in [1.807, 2.05) is 37.3 Å². The predicted molar refractivity (Wildman–Crippen MR) is 120 cm³/mol. The number of anilines is 1. The summed E-state index contributed by atoms with van der Waals surface area (Å²) >= 11 is 0. The Kier molecular flexibility index (Phi) is 8.86. The molecule has 29 heavy (non-hydrogen) atoms. The Balaban J connectivity index is 2.17. The van der Waals surface area contributed by atoms with Crippen LogP contribution in [-0.4, -0.2) is 56.7 Å². The summed E-state index contributed by atoms with van der Waals surface area (Å²) in [7, 11) is 1.69. The molecule has 0 saturated carbocycles. The monoisotopic (exact) mass is 399 g/mol. The molecule has 158 valence electrons. The molecule has 1 heterocycles. The Morgan fingerprint density at radius 3 is 2.59 bits per heavy atom. The Morgan fingerprint density at radius 1 is 1.28 bits per heavy atom. The quantitative estimate of drug-likeness (QED) is 0.624. The van der Waals surface area contributed by atoms with Crippen LogP contribution in [0.1, 0.15) is 33.6 Å². The number of aliphatic imine (C=N–C) groups is 2. The highest BCUT2D eigenvalue weighted by Gasteiger charge is 2.18. The van der Waals surface area contributed by atoms with E-state index in [0.717, 1.165) is 31.7 Å². The maximum atomic E-state index is 12.5. The zero-order valence-electron chi connectivity index (χ0n) is 17.9. The highest BCUT2D eigenvalue weighted by molar-refractivity contribution is 6.38. The minimum atomic E-state index is -0.217. The number of nitrogens with two attached hydrogens (primary N) is 1. The minimum Gasteiger partial charge on any atom is -0.399 e. The third-order valence-corrected chi connectivity index (χ3v) is 4.97. The summed E-state index contributed by atoms with van der Waals surface area (Å²) in [6.07, 6.45) is 2.11. The number of amides is 1. The summed E-state index contributed by atoms with van der Waals surface area (Å²) in [5, 5.41) is 2.89. The third kappa shape index (κ3) is 6.71. The van der Waals surface area contributed by atoms with Gasteiger partial charge in [0.15, 0.2) is 0 Å². The first-order valence-corrected chi connectivity index (χ1v) is 10.1. The molecule has 0 spiro atoms. The molecular formula is C22H33N5O2. The van der Waals surface area contributed by atoms with Crippen LogP contribution in [0.25, 0.3) is 0 Å². The maximum Gasteiger partial charge on any atom is 0.265 e. The first-order valence-electron chi connectivity index (χ1n) is 10.1. The van der Waals surface area contributed by atoms with Gasteiger partial charge < -0.3 is 20.7 Å². The minimum absolute atomic E-state index is 0.0924. The average molecular weight is 400 g/mol. The van der Waals surface area contributed by atoms with E-state index in [1.54, 1.807) is 14.0 Å². The fourth-order valence-corrected chi connectivity index (χ4v) is 3.15. The second-order valence-corrected chi connectivity index (χ2v) is 7.07. The van der Waals surface area contributed by atoms with E-state index in [4.69, 9.17) is 10.5 Å². The summed E-state index contributed by atoms with van der Waals surface area (Å²) in [5.74, 6) is -0.217. The van der Waals surface area contributed by atoms with Gasteiger partial charge in [-0.2, -0.15) is 0 Å². The van der Waals surface area contributed by atoms with Gasteiger partial charge in [0.05, 0.1) is 24.1 Å². The van der Waals surface area contributed by atoms with Crippen molar-refractivity contribution in [3.8, 4) is 0 Å². The second-order valence-electron chi connectivity index (χ2n) is 7.07. The molecule has 1 aromatic carbocycles. The van der Waals surface area contributed by atoms with Crippen LogP contribution < -0.4 is 16.0 Å². The number of hydrogen-bond acceptors (Lipinski definition) is 6. The van der Waals surface area contributed by atoms with Crippen LogP contribution in [0.5, 0.6) is 0 Å². The van der Waals surface area contributed by atoms with E-state index in [0.29, 0.717) is 35.9 Å². The van der Waals surface area contributed by atoms with Crippen LogP contribution in [0.4, 0.5) is 5.69 Å². The average Bonchev–Trinajstić information content (AvgIpc) is 3.27. The van der Waals surface area contributed by atoms with Crippen molar-refractivity contribution in [2.45, 2.75) is 39.7 Å². The molecule has 7 nitrogen and oxygen atoms in total. The molecule has 3 N–H and O–H groups in total. The topological polar surface area (TPSA) is 92.3 Å². The summed E-state index contributed by atoms with van der Waals surface area (Å²) in [6.45, 7) is 8.17. The summed E-state index contributed by atoms with van der Waals surface area (Å²) < 4.78 is 5.55. The molecule has 1 amide bonds. The van der Waals surface area contributed by atoms with Gasteiger partial charge >= 0.3 is 0 Å². The largest absolute Gasteiger partial charge is 0.399 e. The van der Waals surface area contributed by atoms with Crippen molar-refractivity contribution in [1.82, 2.24) is 5.32 Å². The van der Waals surface area contributed by atoms with Gasteiger partial charge in [0.2, 0.25) is 0 Å². The van der Waals surface area contributed by atoms with E-state index in [2.05, 4.69) is 27.1 Å². The van der Waals surface area contributed by atoms with E-state index in [1.165, 1.54) is 0 Å². The lowest BCUT2D eigenvalue weighted by Gasteiger charge is -2.24. The number of hydrogen-bond donors (Lipinski definition) is 2. The van der Waals surface area contributed by atoms with E-state index >= 15 is 0 Å². The van der Waals surface area contributed by atoms with Gasteiger partial charge in [0.1, 0.15) is 11.4 Å². The first kappa shape index (κ1) is 22.6. The lowest BCUT2D eigenvalue weighted by molar-refractivity contribution is -0.115. The summed E-state index contributed by atoms with van der Waals surface area (Å²) in [4.78, 5) is 23.4. The number of nitrogens with zero attached hydrogens (tertiary/aromatic N) is 3. The summed E-state index contributed by atoms with van der Waals surface area (Å²) in [6, 6.07) is 10.1. The van der Waals surface area contributed by atoms with Crippen LogP contribution in [0.2, 0.25) is 0 Å². The highest BCUT2D eigenvalue weighted by atomic mass is 16.5. The summed E-state index contributed by atoms with van der Waals surface area (Å²) in [5.41, 5.74) is 9.68. The number of para-hydroxylation sites is 1. The van der Waals surface area contributed by atoms with Crippen molar-refractivity contribution in [3.05, 3.63) is 41.7 Å². The van der Waals surface area contributed by atoms with E-state index in [-0.39, 0.29) is 12.0 Å². The number of likely N-dealkylation sites (N-methyl/N-ethyl adjacent to an activating group) is 1. The van der Waals surface area contributed by atoms with Gasteiger partial charge in [-0.05, 0) is 45.7 Å². The molecule has 1 aromatic rings. The van der Waals surface area contributed by atoms with Crippen LogP contribution in [0.15, 0.2) is 51.7 Å². The smallest absolute Gasteiger partial charge is 0.265 e. The molecule has 0 aliphatic carbocycles. The fourth-order valence-electron chi connectivity index (χ4n) is 3.15. The van der Waals surface area contributed by atoms with Crippen molar-refractivity contribution in [2.24, 2.45) is 15.7 Å². The van der Waals surface area contributed by atoms with Crippen molar-refractivity contribution in [2.75, 3.05) is 38.2 Å². The van der Waals surface area contributed by atoms with Gasteiger partial charge in [-0.3, -0.25) is 9.79 Å². The number of nitrogens with one attached hydrogen (secondary N) is 1. The van der Waals surface area contributed by atoms with Gasteiger partial charge in [-0.25, -0.2) is 4.99 Å². The van der Waals surface area contributed by atoms with E-state index in [9.17, 15) is 4.79 Å². The number of carbonyl (C=O) groups is 1. The van der Waals surface area contributed by atoms with Crippen molar-refractivity contribution in [1.29, 1.82) is 0 Å². The first-order chi connectivity index (χ1) is 14.0. The molecule has 1 fully saturated rings. The number of carbonyl (C=O) groups excluding carboxylic acids is 1. The van der Waals surface area contributed by atoms with Crippen LogP contribution in [0, 0.1) is 0 Å². The van der Waals surface area contributed by atoms with Gasteiger partial charge in [-0.15, -0.1) is 0 Å². The molecule has 1 aliphatic rings. The van der Waals surface area contributed by atoms with E-state index < -0.39 is 0 Å². The standard InChI is InChI=1S/C22H33N5O2/c1-5-27(18-10-7-6-8-11-18)15-20(23)21(16(2)24-4)26-17(3)22(28)25-14-19-12-9-13-29-19/h6-8,10-11,19H,5,9,12-15,23H2,1-4H3,(H,25,28)/b21-20+,24-16?,26-17?. The molecule has 1 saturated heterocycles. The highest BCUT2D eigenvalue weighted by Crippen LogP contribution is 2.16. The molecular weight excluding hydrogens is 366 g/mol. The lowest BCUT2D eigenvalue weighted by atomic mass is 10.2. The van der Waals surface area contributed by atoms with Crippen LogP contribution in [0.3, 0.4) is 0 Å².